The van der Waals surface area contributed by atoms with Gasteiger partial charge < -0.3 is 20.3 Å². The van der Waals surface area contributed by atoms with Gasteiger partial charge in [0.25, 0.3) is 5.91 Å². The summed E-state index contributed by atoms with van der Waals surface area (Å²) in [5, 5.41) is 6.28. The molecule has 2 N–H and O–H groups in total. The Labute approximate surface area is 165 Å². The fourth-order valence-electron chi connectivity index (χ4n) is 5.82. The number of rotatable bonds is 3. The second-order valence-corrected chi connectivity index (χ2v) is 8.99. The number of carbonyl (C=O) groups is 2. The first-order chi connectivity index (χ1) is 13.6. The SMILES string of the molecule is O=C(NC1CCN(C(=O)c2cccnc2)CC1)NC12CC3CC(CC(C3)O1)C2. The topological polar surface area (TPSA) is 83.6 Å². The summed E-state index contributed by atoms with van der Waals surface area (Å²) in [5.74, 6) is 1.42. The number of carbonyl (C=O) groups excluding carboxylic acids is 2. The zero-order valence-corrected chi connectivity index (χ0v) is 16.1. The van der Waals surface area contributed by atoms with Gasteiger partial charge in [-0.25, -0.2) is 4.79 Å². The van der Waals surface area contributed by atoms with Crippen molar-refractivity contribution in [2.75, 3.05) is 13.1 Å². The summed E-state index contributed by atoms with van der Waals surface area (Å²) >= 11 is 0. The van der Waals surface area contributed by atoms with E-state index in [2.05, 4.69) is 15.6 Å². The number of nitrogens with one attached hydrogen (secondary N) is 2. The highest BCUT2D eigenvalue weighted by atomic mass is 16.5. The largest absolute Gasteiger partial charge is 0.352 e. The number of amides is 3. The van der Waals surface area contributed by atoms with E-state index in [0.717, 1.165) is 38.5 Å². The van der Waals surface area contributed by atoms with E-state index in [0.29, 0.717) is 36.6 Å². The maximum atomic E-state index is 12.6. The minimum Gasteiger partial charge on any atom is -0.352 e. The molecule has 2 saturated carbocycles. The van der Waals surface area contributed by atoms with E-state index < -0.39 is 5.72 Å². The molecule has 4 bridgehead atoms. The van der Waals surface area contributed by atoms with Crippen LogP contribution in [0.15, 0.2) is 24.5 Å². The third kappa shape index (κ3) is 3.48. The number of pyridine rings is 1. The van der Waals surface area contributed by atoms with Crippen LogP contribution in [0.3, 0.4) is 0 Å². The molecule has 3 amide bonds. The molecule has 28 heavy (non-hydrogen) atoms. The van der Waals surface area contributed by atoms with E-state index in [1.165, 1.54) is 6.42 Å². The standard InChI is InChI=1S/C21H28N4O3/c26-19(16-2-1-5-22-13-16)25-6-3-17(4-7-25)23-20(27)24-21-11-14-8-15(12-21)10-18(9-14)28-21/h1-2,5,13-15,17-18H,3-4,6-12H2,(H2,23,24,27). The molecule has 1 aromatic rings. The molecule has 6 rings (SSSR count). The van der Waals surface area contributed by atoms with Crippen LogP contribution in [0.4, 0.5) is 4.79 Å². The lowest BCUT2D eigenvalue weighted by Crippen LogP contribution is -2.65. The minimum absolute atomic E-state index is 0.0120. The lowest BCUT2D eigenvalue weighted by atomic mass is 9.65. The zero-order chi connectivity index (χ0) is 19.1. The Morgan fingerprint density at radius 3 is 2.54 bits per heavy atom. The van der Waals surface area contributed by atoms with Crippen molar-refractivity contribution in [3.8, 4) is 0 Å². The predicted molar refractivity (Wildman–Crippen MR) is 102 cm³/mol. The molecule has 2 unspecified atom stereocenters. The normalized spacial score (nSPS) is 34.3. The van der Waals surface area contributed by atoms with Crippen LogP contribution in [-0.4, -0.2) is 52.8 Å². The van der Waals surface area contributed by atoms with Gasteiger partial charge in [0.1, 0.15) is 5.72 Å². The van der Waals surface area contributed by atoms with Crippen LogP contribution in [0, 0.1) is 11.8 Å². The molecular weight excluding hydrogens is 356 g/mol. The first kappa shape index (κ1) is 17.9. The molecule has 3 aliphatic heterocycles. The summed E-state index contributed by atoms with van der Waals surface area (Å²) in [4.78, 5) is 31.0. The lowest BCUT2D eigenvalue weighted by Gasteiger charge is -2.56. The van der Waals surface area contributed by atoms with Crippen LogP contribution < -0.4 is 10.6 Å². The quantitative estimate of drug-likeness (QED) is 0.838. The van der Waals surface area contributed by atoms with Crippen LogP contribution in [0.1, 0.15) is 55.3 Å². The van der Waals surface area contributed by atoms with E-state index in [1.807, 2.05) is 4.90 Å². The first-order valence-corrected chi connectivity index (χ1v) is 10.5. The highest BCUT2D eigenvalue weighted by Gasteiger charge is 2.52. The maximum Gasteiger partial charge on any atom is 0.317 e. The fourth-order valence-corrected chi connectivity index (χ4v) is 5.82. The van der Waals surface area contributed by atoms with Crippen molar-refractivity contribution in [1.82, 2.24) is 20.5 Å². The van der Waals surface area contributed by atoms with Crippen LogP contribution in [0.25, 0.3) is 0 Å². The lowest BCUT2D eigenvalue weighted by molar-refractivity contribution is -0.228. The van der Waals surface area contributed by atoms with Crippen molar-refractivity contribution >= 4 is 11.9 Å². The summed E-state index contributed by atoms with van der Waals surface area (Å²) in [6, 6.07) is 3.53. The molecule has 7 nitrogen and oxygen atoms in total. The fraction of sp³-hybridized carbons (Fsp3) is 0.667. The van der Waals surface area contributed by atoms with Crippen molar-refractivity contribution < 1.29 is 14.3 Å². The molecule has 5 aliphatic rings. The number of piperidine rings is 1. The van der Waals surface area contributed by atoms with E-state index in [1.54, 1.807) is 24.5 Å². The molecule has 0 radical (unpaired) electrons. The van der Waals surface area contributed by atoms with Crippen LogP contribution >= 0.6 is 0 Å². The summed E-state index contributed by atoms with van der Waals surface area (Å²) in [6.45, 7) is 1.29. The number of aromatic nitrogens is 1. The van der Waals surface area contributed by atoms with E-state index in [9.17, 15) is 9.59 Å². The Bertz CT molecular complexity index is 710. The monoisotopic (exact) mass is 384 g/mol. The Morgan fingerprint density at radius 2 is 1.89 bits per heavy atom. The number of nitrogens with zero attached hydrogens (tertiary/aromatic N) is 2. The van der Waals surface area contributed by atoms with Gasteiger partial charge in [0.05, 0.1) is 11.7 Å². The molecule has 2 atom stereocenters. The minimum atomic E-state index is -0.449. The van der Waals surface area contributed by atoms with Gasteiger partial charge >= 0.3 is 6.03 Å². The van der Waals surface area contributed by atoms with Crippen LogP contribution in [0.2, 0.25) is 0 Å². The highest BCUT2D eigenvalue weighted by molar-refractivity contribution is 5.93. The van der Waals surface area contributed by atoms with E-state index >= 15 is 0 Å². The van der Waals surface area contributed by atoms with Gasteiger partial charge in [0.15, 0.2) is 0 Å². The summed E-state index contributed by atoms with van der Waals surface area (Å²) in [7, 11) is 0. The van der Waals surface area contributed by atoms with E-state index in [4.69, 9.17) is 4.74 Å². The molecule has 3 saturated heterocycles. The molecule has 2 aliphatic carbocycles. The number of hydrogen-bond acceptors (Lipinski definition) is 4. The third-order valence-corrected chi connectivity index (χ3v) is 6.86. The van der Waals surface area contributed by atoms with E-state index in [-0.39, 0.29) is 18.0 Å². The molecular formula is C21H28N4O3. The predicted octanol–water partition coefficient (Wildman–Crippen LogP) is 2.29. The summed E-state index contributed by atoms with van der Waals surface area (Å²) < 4.78 is 6.24. The second-order valence-electron chi connectivity index (χ2n) is 8.99. The van der Waals surface area contributed by atoms with Gasteiger partial charge in [-0.2, -0.15) is 0 Å². The van der Waals surface area contributed by atoms with Crippen molar-refractivity contribution in [2.45, 2.75) is 62.8 Å². The van der Waals surface area contributed by atoms with Gasteiger partial charge in [-0.3, -0.25) is 9.78 Å². The molecule has 150 valence electrons. The number of likely N-dealkylation sites (tertiary alicyclic amines) is 1. The summed E-state index contributed by atoms with van der Waals surface area (Å²) in [6.07, 6.45) is 10.6. The van der Waals surface area contributed by atoms with Gasteiger partial charge in [-0.15, -0.1) is 0 Å². The molecule has 5 fully saturated rings. The molecule has 1 aromatic heterocycles. The van der Waals surface area contributed by atoms with Gasteiger partial charge in [-0.1, -0.05) is 0 Å². The molecule has 0 spiro atoms. The van der Waals surface area contributed by atoms with Gasteiger partial charge in [-0.05, 0) is 68.9 Å². The Hall–Kier alpha value is -2.15. The van der Waals surface area contributed by atoms with Gasteiger partial charge in [0.2, 0.25) is 0 Å². The van der Waals surface area contributed by atoms with Gasteiger partial charge in [0, 0.05) is 31.5 Å². The highest BCUT2D eigenvalue weighted by Crippen LogP contribution is 2.51. The number of ether oxygens (including phenoxy) is 1. The third-order valence-electron chi connectivity index (χ3n) is 6.86. The van der Waals surface area contributed by atoms with Crippen molar-refractivity contribution in [2.24, 2.45) is 11.8 Å². The first-order valence-electron chi connectivity index (χ1n) is 10.5. The second kappa shape index (κ2) is 7.03. The van der Waals surface area contributed by atoms with Crippen LogP contribution in [-0.2, 0) is 4.74 Å². The number of urea groups is 1. The Balaban J connectivity index is 1.12. The molecule has 4 heterocycles. The molecule has 7 heteroatoms. The van der Waals surface area contributed by atoms with Crippen LogP contribution in [0.5, 0.6) is 0 Å². The van der Waals surface area contributed by atoms with Crippen molar-refractivity contribution in [3.05, 3.63) is 30.1 Å². The molecule has 0 aromatic carbocycles. The summed E-state index contributed by atoms with van der Waals surface area (Å²) in [5.41, 5.74) is 0.168. The zero-order valence-electron chi connectivity index (χ0n) is 16.1. The Morgan fingerprint density at radius 1 is 1.14 bits per heavy atom. The van der Waals surface area contributed by atoms with Crippen molar-refractivity contribution in [3.63, 3.8) is 0 Å². The average molecular weight is 384 g/mol. The Kier molecular flexibility index (Phi) is 4.50. The van der Waals surface area contributed by atoms with Crippen molar-refractivity contribution in [1.29, 1.82) is 0 Å². The smallest absolute Gasteiger partial charge is 0.317 e. The maximum absolute atomic E-state index is 12.6. The number of hydrogen-bond donors (Lipinski definition) is 2. The average Bonchev–Trinajstić information content (AvgIpc) is 2.67.